The van der Waals surface area contributed by atoms with Crippen LogP contribution >= 0.6 is 0 Å². The molecule has 0 unspecified atom stereocenters. The first-order valence-electron chi connectivity index (χ1n) is 9.64. The van der Waals surface area contributed by atoms with Gasteiger partial charge in [-0.05, 0) is 18.2 Å². The van der Waals surface area contributed by atoms with Crippen molar-refractivity contribution in [3.05, 3.63) is 40.6 Å². The molecule has 4 rings (SSSR count). The van der Waals surface area contributed by atoms with Crippen molar-refractivity contribution in [3.63, 3.8) is 0 Å². The van der Waals surface area contributed by atoms with Gasteiger partial charge in [0.2, 0.25) is 17.5 Å². The van der Waals surface area contributed by atoms with Gasteiger partial charge in [0.25, 0.3) is 0 Å². The Hall–Kier alpha value is -3.55. The molecule has 2 aromatic carbocycles. The van der Waals surface area contributed by atoms with Crippen molar-refractivity contribution in [2.75, 3.05) is 6.61 Å². The molecule has 2 heterocycles. The molecule has 1 fully saturated rings. The van der Waals surface area contributed by atoms with E-state index in [0.29, 0.717) is 0 Å². The van der Waals surface area contributed by atoms with Crippen LogP contribution < -0.4 is 10.2 Å². The molecule has 33 heavy (non-hydrogen) atoms. The topological polar surface area (TPSA) is 211 Å². The number of hydrogen-bond donors (Lipinski definition) is 8. The predicted molar refractivity (Wildman–Crippen MR) is 109 cm³/mol. The third kappa shape index (κ3) is 3.90. The highest BCUT2D eigenvalue weighted by atomic mass is 16.7. The van der Waals surface area contributed by atoms with Gasteiger partial charge in [-0.3, -0.25) is 4.79 Å². The first-order chi connectivity index (χ1) is 15.6. The second-order valence-corrected chi connectivity index (χ2v) is 7.44. The zero-order valence-corrected chi connectivity index (χ0v) is 16.7. The minimum Gasteiger partial charge on any atom is -0.507 e. The summed E-state index contributed by atoms with van der Waals surface area (Å²) in [4.78, 5) is 12.6. The molecule has 1 aliphatic rings. The number of hydrogen-bond acceptors (Lipinski definition) is 12. The summed E-state index contributed by atoms with van der Waals surface area (Å²) >= 11 is 0. The average Bonchev–Trinajstić information content (AvgIpc) is 2.78. The highest BCUT2D eigenvalue weighted by Crippen LogP contribution is 2.38. The maximum atomic E-state index is 12.6. The van der Waals surface area contributed by atoms with Gasteiger partial charge < -0.3 is 54.7 Å². The van der Waals surface area contributed by atoms with E-state index < -0.39 is 65.7 Å². The van der Waals surface area contributed by atoms with Crippen LogP contribution in [0.1, 0.15) is 0 Å². The number of benzene rings is 2. The number of phenolic OH excluding ortho intramolecular Hbond substituents is 3. The maximum Gasteiger partial charge on any atom is 0.238 e. The highest BCUT2D eigenvalue weighted by Gasteiger charge is 2.44. The Morgan fingerprint density at radius 3 is 2.27 bits per heavy atom. The number of fused-ring (bicyclic) bond motifs is 1. The second-order valence-electron chi connectivity index (χ2n) is 7.44. The Labute approximate surface area is 184 Å². The number of rotatable bonds is 4. The Kier molecular flexibility index (Phi) is 5.78. The third-order valence-corrected chi connectivity index (χ3v) is 5.26. The Balaban J connectivity index is 1.76. The van der Waals surface area contributed by atoms with Crippen molar-refractivity contribution in [2.24, 2.45) is 0 Å². The molecule has 12 nitrogen and oxygen atoms in total. The van der Waals surface area contributed by atoms with Crippen LogP contribution in [0.15, 0.2) is 39.5 Å². The third-order valence-electron chi connectivity index (χ3n) is 5.26. The van der Waals surface area contributed by atoms with E-state index in [2.05, 4.69) is 0 Å². The van der Waals surface area contributed by atoms with Crippen LogP contribution in [-0.4, -0.2) is 78.2 Å². The largest absolute Gasteiger partial charge is 0.507 e. The van der Waals surface area contributed by atoms with Crippen LogP contribution in [0.25, 0.3) is 22.3 Å². The summed E-state index contributed by atoms with van der Waals surface area (Å²) in [5, 5.41) is 78.6. The molecule has 3 aromatic rings. The zero-order chi connectivity index (χ0) is 24.0. The lowest BCUT2D eigenvalue weighted by molar-refractivity contribution is -0.277. The summed E-state index contributed by atoms with van der Waals surface area (Å²) in [6.07, 6.45) is -7.80. The molecular formula is C21H20O12. The second kappa shape index (κ2) is 8.42. The Morgan fingerprint density at radius 2 is 1.61 bits per heavy atom. The molecule has 5 atom stereocenters. The summed E-state index contributed by atoms with van der Waals surface area (Å²) < 4.78 is 16.3. The molecule has 0 amide bonds. The molecule has 0 radical (unpaired) electrons. The van der Waals surface area contributed by atoms with Crippen LogP contribution in [-0.2, 0) is 4.74 Å². The fourth-order valence-corrected chi connectivity index (χ4v) is 3.49. The smallest absolute Gasteiger partial charge is 0.238 e. The molecular weight excluding hydrogens is 444 g/mol. The van der Waals surface area contributed by atoms with Crippen LogP contribution in [0.2, 0.25) is 0 Å². The van der Waals surface area contributed by atoms with E-state index in [1.807, 2.05) is 0 Å². The van der Waals surface area contributed by atoms with E-state index in [1.165, 1.54) is 6.07 Å². The Morgan fingerprint density at radius 1 is 0.879 bits per heavy atom. The minimum absolute atomic E-state index is 0.0431. The van der Waals surface area contributed by atoms with Gasteiger partial charge in [-0.1, -0.05) is 0 Å². The summed E-state index contributed by atoms with van der Waals surface area (Å²) in [7, 11) is 0. The molecule has 1 aromatic heterocycles. The molecule has 8 N–H and O–H groups in total. The standard InChI is InChI=1S/C21H20O12/c22-6-13-15(26)17(28)19(30)21(33-13)31-8-4-11(25)14-12(5-8)32-20(18(29)16(14)27)7-1-2-9(23)10(24)3-7/h1-5,13,15,17,19,21-26,28-30H,6H2/t13-,15+,17-,19-,21-/m1/s1. The number of aliphatic hydroxyl groups excluding tert-OH is 4. The molecule has 1 aliphatic heterocycles. The van der Waals surface area contributed by atoms with Crippen molar-refractivity contribution in [2.45, 2.75) is 30.7 Å². The predicted octanol–water partition coefficient (Wildman–Crippen LogP) is -0.539. The molecule has 0 bridgehead atoms. The van der Waals surface area contributed by atoms with Crippen molar-refractivity contribution < 1.29 is 54.7 Å². The Bertz CT molecular complexity index is 1250. The van der Waals surface area contributed by atoms with E-state index in [-0.39, 0.29) is 28.0 Å². The molecule has 0 aliphatic carbocycles. The van der Waals surface area contributed by atoms with Crippen LogP contribution in [0, 0.1) is 0 Å². The van der Waals surface area contributed by atoms with Crippen molar-refractivity contribution in [1.29, 1.82) is 0 Å². The van der Waals surface area contributed by atoms with E-state index in [0.717, 1.165) is 24.3 Å². The number of ether oxygens (including phenoxy) is 2. The molecule has 0 saturated carbocycles. The van der Waals surface area contributed by atoms with Crippen molar-refractivity contribution >= 4 is 11.0 Å². The summed E-state index contributed by atoms with van der Waals surface area (Å²) in [6.45, 7) is -0.676. The minimum atomic E-state index is -1.72. The van der Waals surface area contributed by atoms with E-state index >= 15 is 0 Å². The first kappa shape index (κ1) is 22.6. The highest BCUT2D eigenvalue weighted by molar-refractivity contribution is 5.88. The van der Waals surface area contributed by atoms with Crippen LogP contribution in [0.3, 0.4) is 0 Å². The van der Waals surface area contributed by atoms with E-state index in [9.17, 15) is 45.6 Å². The van der Waals surface area contributed by atoms with Crippen molar-refractivity contribution in [1.82, 2.24) is 0 Å². The van der Waals surface area contributed by atoms with Crippen LogP contribution in [0.5, 0.6) is 28.7 Å². The molecule has 176 valence electrons. The van der Waals surface area contributed by atoms with E-state index in [1.54, 1.807) is 0 Å². The SMILES string of the molecule is O=c1c(O)c(-c2ccc(O)c(O)c2)oc2cc(O[C@@H]3O[C@H](CO)[C@H](O)[C@@H](O)[C@H]3O)cc(O)c12. The summed E-state index contributed by atoms with van der Waals surface area (Å²) in [5.74, 6) is -3.02. The van der Waals surface area contributed by atoms with Gasteiger partial charge in [0.05, 0.1) is 6.61 Å². The number of phenols is 3. The lowest BCUT2D eigenvalue weighted by atomic mass is 9.99. The lowest BCUT2D eigenvalue weighted by Gasteiger charge is -2.39. The van der Waals surface area contributed by atoms with Gasteiger partial charge in [0, 0.05) is 17.7 Å². The summed E-state index contributed by atoms with van der Waals surface area (Å²) in [6, 6.07) is 5.55. The van der Waals surface area contributed by atoms with Crippen molar-refractivity contribution in [3.8, 4) is 40.1 Å². The lowest BCUT2D eigenvalue weighted by Crippen LogP contribution is -2.60. The molecule has 1 saturated heterocycles. The maximum absolute atomic E-state index is 12.6. The molecule has 12 heteroatoms. The van der Waals surface area contributed by atoms with Gasteiger partial charge >= 0.3 is 0 Å². The fraction of sp³-hybridized carbons (Fsp3) is 0.286. The summed E-state index contributed by atoms with van der Waals surface area (Å²) in [5.41, 5.74) is -1.20. The molecule has 0 spiro atoms. The average molecular weight is 464 g/mol. The first-order valence-corrected chi connectivity index (χ1v) is 9.64. The van der Waals surface area contributed by atoms with E-state index in [4.69, 9.17) is 13.9 Å². The number of aliphatic hydroxyl groups is 4. The van der Waals surface area contributed by atoms with Crippen LogP contribution in [0.4, 0.5) is 0 Å². The van der Waals surface area contributed by atoms with Gasteiger partial charge in [-0.2, -0.15) is 0 Å². The monoisotopic (exact) mass is 464 g/mol. The van der Waals surface area contributed by atoms with Gasteiger partial charge in [0.1, 0.15) is 46.9 Å². The van der Waals surface area contributed by atoms with Gasteiger partial charge in [0.15, 0.2) is 17.3 Å². The number of aromatic hydroxyl groups is 4. The normalized spacial score (nSPS) is 25.3. The quantitative estimate of drug-likeness (QED) is 0.229. The van der Waals surface area contributed by atoms with Gasteiger partial charge in [-0.15, -0.1) is 0 Å². The fourth-order valence-electron chi connectivity index (χ4n) is 3.49. The zero-order valence-electron chi connectivity index (χ0n) is 16.7. The van der Waals surface area contributed by atoms with Gasteiger partial charge in [-0.25, -0.2) is 0 Å².